The Balaban J connectivity index is 1.37. The van der Waals surface area contributed by atoms with Crippen molar-refractivity contribution in [2.45, 2.75) is 38.5 Å². The molecule has 0 saturated carbocycles. The molecule has 1 unspecified atom stereocenters. The summed E-state index contributed by atoms with van der Waals surface area (Å²) in [6.07, 6.45) is 9.45. The van der Waals surface area contributed by atoms with Crippen LogP contribution < -0.4 is 9.47 Å². The molecule has 0 saturated heterocycles. The first kappa shape index (κ1) is 22.2. The molecule has 2 aromatic heterocycles. The van der Waals surface area contributed by atoms with Crippen molar-refractivity contribution in [1.82, 2.24) is 14.5 Å². The van der Waals surface area contributed by atoms with E-state index in [9.17, 15) is 4.79 Å². The van der Waals surface area contributed by atoms with Crippen LogP contribution in [0.4, 0.5) is 0 Å². The smallest absolute Gasteiger partial charge is 0.163 e. The van der Waals surface area contributed by atoms with Crippen molar-refractivity contribution in [3.63, 3.8) is 0 Å². The summed E-state index contributed by atoms with van der Waals surface area (Å²) in [7, 11) is 0. The summed E-state index contributed by atoms with van der Waals surface area (Å²) in [5.41, 5.74) is 4.87. The van der Waals surface area contributed by atoms with Gasteiger partial charge < -0.3 is 19.0 Å². The SMILES string of the molecule is O=C1CCCc2c1ccc(OC(Cn1ccnc1)c1ccccc1)c2COc1cccc2[nH]ccc12. The van der Waals surface area contributed by atoms with E-state index in [0.717, 1.165) is 57.5 Å². The van der Waals surface area contributed by atoms with Crippen molar-refractivity contribution in [3.05, 3.63) is 114 Å². The first-order chi connectivity index (χ1) is 17.8. The van der Waals surface area contributed by atoms with E-state index in [-0.39, 0.29) is 11.9 Å². The molecular formula is C30H27N3O3. The van der Waals surface area contributed by atoms with Gasteiger partial charge in [0.25, 0.3) is 0 Å². The van der Waals surface area contributed by atoms with Gasteiger partial charge in [-0.1, -0.05) is 36.4 Å². The number of nitrogens with zero attached hydrogens (tertiary/aromatic N) is 2. The zero-order valence-electron chi connectivity index (χ0n) is 19.9. The lowest BCUT2D eigenvalue weighted by Crippen LogP contribution is -2.19. The fourth-order valence-corrected chi connectivity index (χ4v) is 5.00. The third-order valence-corrected chi connectivity index (χ3v) is 6.82. The molecule has 1 aliphatic rings. The summed E-state index contributed by atoms with van der Waals surface area (Å²) >= 11 is 0. The van der Waals surface area contributed by atoms with E-state index in [0.29, 0.717) is 19.6 Å². The number of aromatic amines is 1. The lowest BCUT2D eigenvalue weighted by Gasteiger charge is -2.26. The Morgan fingerprint density at radius 1 is 0.972 bits per heavy atom. The Bertz CT molecular complexity index is 1490. The number of carbonyl (C=O) groups is 1. The van der Waals surface area contributed by atoms with Crippen molar-refractivity contribution in [2.75, 3.05) is 0 Å². The molecule has 0 amide bonds. The number of aromatic nitrogens is 3. The summed E-state index contributed by atoms with van der Waals surface area (Å²) < 4.78 is 15.1. The van der Waals surface area contributed by atoms with E-state index in [1.54, 1.807) is 12.5 Å². The van der Waals surface area contributed by atoms with Crippen molar-refractivity contribution in [3.8, 4) is 11.5 Å². The second-order valence-corrected chi connectivity index (χ2v) is 9.11. The largest absolute Gasteiger partial charge is 0.488 e. The molecule has 6 nitrogen and oxygen atoms in total. The standard InChI is InChI=1S/C30H27N3O3/c34-27-10-4-8-22-23(27)12-13-29(25(22)19-35-28-11-5-9-26-24(28)14-15-32-26)36-30(18-33-17-16-31-20-33)21-6-2-1-3-7-21/h1-3,5-7,9,11-17,20,30,32H,4,8,10,18-19H2. The van der Waals surface area contributed by atoms with Gasteiger partial charge in [-0.2, -0.15) is 0 Å². The minimum atomic E-state index is -0.232. The second kappa shape index (κ2) is 9.74. The molecule has 180 valence electrons. The molecule has 0 radical (unpaired) electrons. The van der Waals surface area contributed by atoms with Crippen LogP contribution in [0.1, 0.15) is 46.0 Å². The van der Waals surface area contributed by atoms with Gasteiger partial charge in [-0.15, -0.1) is 0 Å². The Hall–Kier alpha value is -4.32. The quantitative estimate of drug-likeness (QED) is 0.285. The van der Waals surface area contributed by atoms with Crippen molar-refractivity contribution in [1.29, 1.82) is 0 Å². The maximum absolute atomic E-state index is 12.7. The van der Waals surface area contributed by atoms with Crippen LogP contribution in [0.5, 0.6) is 11.5 Å². The average Bonchev–Trinajstić information content (AvgIpc) is 3.61. The lowest BCUT2D eigenvalue weighted by atomic mass is 9.87. The fourth-order valence-electron chi connectivity index (χ4n) is 5.00. The highest BCUT2D eigenvalue weighted by molar-refractivity contribution is 5.99. The highest BCUT2D eigenvalue weighted by atomic mass is 16.5. The first-order valence-electron chi connectivity index (χ1n) is 12.3. The van der Waals surface area contributed by atoms with Gasteiger partial charge >= 0.3 is 0 Å². The molecule has 0 fully saturated rings. The molecule has 0 aliphatic heterocycles. The van der Waals surface area contributed by atoms with Crippen LogP contribution in [0.25, 0.3) is 10.9 Å². The van der Waals surface area contributed by atoms with Gasteiger partial charge in [-0.25, -0.2) is 4.98 Å². The van der Waals surface area contributed by atoms with E-state index in [1.165, 1.54) is 0 Å². The number of rotatable bonds is 8. The predicted molar refractivity (Wildman–Crippen MR) is 138 cm³/mol. The van der Waals surface area contributed by atoms with Gasteiger partial charge in [0.1, 0.15) is 24.2 Å². The van der Waals surface area contributed by atoms with Crippen LogP contribution in [0.15, 0.2) is 91.6 Å². The molecule has 0 spiro atoms. The number of hydrogen-bond acceptors (Lipinski definition) is 4. The van der Waals surface area contributed by atoms with Crippen LogP contribution in [0.3, 0.4) is 0 Å². The molecule has 3 aromatic carbocycles. The van der Waals surface area contributed by atoms with Gasteiger partial charge in [-0.3, -0.25) is 4.79 Å². The maximum atomic E-state index is 12.7. The Morgan fingerprint density at radius 2 is 1.89 bits per heavy atom. The average molecular weight is 478 g/mol. The number of ether oxygens (including phenoxy) is 2. The summed E-state index contributed by atoms with van der Waals surface area (Å²) in [6.45, 7) is 0.936. The van der Waals surface area contributed by atoms with Crippen molar-refractivity contribution in [2.24, 2.45) is 0 Å². The number of benzene rings is 3. The molecule has 36 heavy (non-hydrogen) atoms. The minimum absolute atomic E-state index is 0.190. The third kappa shape index (κ3) is 4.38. The van der Waals surface area contributed by atoms with Gasteiger partial charge in [0.15, 0.2) is 5.78 Å². The third-order valence-electron chi connectivity index (χ3n) is 6.82. The molecule has 0 bridgehead atoms. The molecule has 2 heterocycles. The Kier molecular flexibility index (Phi) is 6.00. The zero-order chi connectivity index (χ0) is 24.3. The number of Topliss-reactive ketones (excluding diaryl/α,β-unsaturated/α-hetero) is 1. The zero-order valence-corrected chi connectivity index (χ0v) is 19.9. The topological polar surface area (TPSA) is 69.1 Å². The van der Waals surface area contributed by atoms with E-state index >= 15 is 0 Å². The maximum Gasteiger partial charge on any atom is 0.163 e. The number of carbonyl (C=O) groups excluding carboxylic acids is 1. The van der Waals surface area contributed by atoms with Crippen LogP contribution in [0.2, 0.25) is 0 Å². The van der Waals surface area contributed by atoms with Crippen molar-refractivity contribution < 1.29 is 14.3 Å². The minimum Gasteiger partial charge on any atom is -0.488 e. The van der Waals surface area contributed by atoms with E-state index < -0.39 is 0 Å². The molecule has 6 heteroatoms. The lowest BCUT2D eigenvalue weighted by molar-refractivity contribution is 0.0971. The number of imidazole rings is 1. The normalized spacial score (nSPS) is 13.9. The second-order valence-electron chi connectivity index (χ2n) is 9.11. The van der Waals surface area contributed by atoms with E-state index in [2.05, 4.69) is 22.1 Å². The fraction of sp³-hybridized carbons (Fsp3) is 0.200. The van der Waals surface area contributed by atoms with Gasteiger partial charge in [-0.05, 0) is 54.3 Å². The van der Waals surface area contributed by atoms with E-state index in [4.69, 9.17) is 9.47 Å². The molecule has 1 N–H and O–H groups in total. The van der Waals surface area contributed by atoms with Crippen LogP contribution in [0, 0.1) is 0 Å². The van der Waals surface area contributed by atoms with Crippen LogP contribution >= 0.6 is 0 Å². The number of H-pyrrole nitrogens is 1. The van der Waals surface area contributed by atoms with Gasteiger partial charge in [0.05, 0.1) is 12.9 Å². The molecular weight excluding hydrogens is 450 g/mol. The van der Waals surface area contributed by atoms with Crippen molar-refractivity contribution >= 4 is 16.7 Å². The summed E-state index contributed by atoms with van der Waals surface area (Å²) in [5, 5.41) is 1.03. The Morgan fingerprint density at radius 3 is 2.75 bits per heavy atom. The number of fused-ring (bicyclic) bond motifs is 2. The predicted octanol–water partition coefficient (Wildman–Crippen LogP) is 6.28. The highest BCUT2D eigenvalue weighted by Gasteiger charge is 2.25. The molecule has 1 aliphatic carbocycles. The summed E-state index contributed by atoms with van der Waals surface area (Å²) in [4.78, 5) is 20.1. The Labute approximate surface area is 209 Å². The monoisotopic (exact) mass is 477 g/mol. The number of hydrogen-bond donors (Lipinski definition) is 1. The number of ketones is 1. The molecule has 1 atom stereocenters. The summed E-state index contributed by atoms with van der Waals surface area (Å²) in [6, 6.07) is 22.0. The number of nitrogens with one attached hydrogen (secondary N) is 1. The molecule has 5 aromatic rings. The van der Waals surface area contributed by atoms with Crippen LogP contribution in [-0.4, -0.2) is 20.3 Å². The first-order valence-corrected chi connectivity index (χ1v) is 12.3. The summed E-state index contributed by atoms with van der Waals surface area (Å²) in [5.74, 6) is 1.74. The highest BCUT2D eigenvalue weighted by Crippen LogP contribution is 2.36. The van der Waals surface area contributed by atoms with E-state index in [1.807, 2.05) is 71.6 Å². The van der Waals surface area contributed by atoms with Gasteiger partial charge in [0, 0.05) is 47.0 Å². The van der Waals surface area contributed by atoms with Gasteiger partial charge in [0.2, 0.25) is 0 Å². The molecule has 6 rings (SSSR count). The van der Waals surface area contributed by atoms with Crippen LogP contribution in [-0.2, 0) is 19.6 Å².